The summed E-state index contributed by atoms with van der Waals surface area (Å²) in [4.78, 5) is 32.7. The number of ketones is 1. The van der Waals surface area contributed by atoms with E-state index in [1.165, 1.54) is 6.07 Å². The Labute approximate surface area is 548 Å². The van der Waals surface area contributed by atoms with Crippen LogP contribution < -0.4 is 23.8 Å². The lowest BCUT2D eigenvalue weighted by molar-refractivity contribution is -0.385. The minimum Gasteiger partial charge on any atom is -0.508 e. The number of phenolic OH excluding ortho intramolecular Hbond substituents is 2. The van der Waals surface area contributed by atoms with Gasteiger partial charge < -0.3 is 49.4 Å². The molecule has 1 saturated heterocycles. The number of halogens is 3. The Morgan fingerprint density at radius 1 is 0.685 bits per heavy atom. The van der Waals surface area contributed by atoms with Crippen molar-refractivity contribution in [3.63, 3.8) is 0 Å². The molecule has 6 aliphatic rings. The van der Waals surface area contributed by atoms with E-state index in [0.717, 1.165) is 85.0 Å². The number of aliphatic hydroxyl groups excluding tert-OH is 3. The van der Waals surface area contributed by atoms with Crippen LogP contribution in [0.5, 0.6) is 28.7 Å². The van der Waals surface area contributed by atoms with Gasteiger partial charge in [-0.15, -0.1) is 0 Å². The molecule has 0 spiro atoms. The zero-order valence-corrected chi connectivity index (χ0v) is 54.3. The van der Waals surface area contributed by atoms with Gasteiger partial charge in [0, 0.05) is 76.6 Å². The molecule has 24 heteroatoms. The van der Waals surface area contributed by atoms with Crippen molar-refractivity contribution < 1.29 is 72.2 Å². The number of benzene rings is 7. The number of nitrogens with one attached hydrogen (secondary N) is 1. The van der Waals surface area contributed by atoms with Crippen LogP contribution in [0.4, 0.5) is 17.1 Å². The van der Waals surface area contributed by atoms with Gasteiger partial charge in [0.15, 0.2) is 5.78 Å². The molecule has 0 radical (unpaired) electrons. The second-order valence-electron chi connectivity index (χ2n) is 23.1. The van der Waals surface area contributed by atoms with E-state index < -0.39 is 48.4 Å². The lowest BCUT2D eigenvalue weighted by Gasteiger charge is -2.50. The summed E-state index contributed by atoms with van der Waals surface area (Å²) in [5.41, 5.74) is 6.41. The number of nitrogens with zero attached hydrogens (tertiary/aromatic N) is 2. The standard InChI is InChI=1S/C20H22NO5P.C16H14ClNO4.C14H19NO3.C12H14O2.C6H5Cl2O2P/c22-14-7-10-17-13(12-14)6-9-18-16-8-11-19(23)20(16)26-27(24,21(17)18)25-15-4-2-1-3-5-15;17-16(19)9-6-13-10-14(7-8-15(13)18(20)21)22-11-12-4-2-1-3-5-12;16-9-2-5-11-8(7-9)1-4-12(15-11)10-3-6-13(17)14(10)18;13-11-7-4-8-12(11)14-9-10-5-2-1-3-6-10;7-11(8,9)10-6-4-2-1-3-5-6/h1-5,7,10,12,16,18-20,22-23H,6,8-9,11H2;1-5,7-8,10H,6,9,11H2;2,5,7,10,12-18H,1,3-4,6H2;1-3,5-6,12H,4,7-9H2;1-5H. The van der Waals surface area contributed by atoms with E-state index in [9.17, 15) is 54.4 Å². The van der Waals surface area contributed by atoms with Crippen molar-refractivity contribution in [1.82, 2.24) is 0 Å². The minimum atomic E-state index is -3.73. The van der Waals surface area contributed by atoms with Crippen molar-refractivity contribution in [3.05, 3.63) is 214 Å². The third kappa shape index (κ3) is 19.3. The van der Waals surface area contributed by atoms with Gasteiger partial charge in [-0.3, -0.25) is 28.9 Å². The van der Waals surface area contributed by atoms with Gasteiger partial charge in [-0.1, -0.05) is 97.1 Å². The number of rotatable bonds is 15. The molecule has 92 heavy (non-hydrogen) atoms. The zero-order chi connectivity index (χ0) is 65.4. The molecule has 3 aliphatic carbocycles. The van der Waals surface area contributed by atoms with Gasteiger partial charge in [0.05, 0.1) is 35.5 Å². The summed E-state index contributed by atoms with van der Waals surface area (Å²) < 4.78 is 54.3. The van der Waals surface area contributed by atoms with Crippen molar-refractivity contribution in [1.29, 1.82) is 0 Å². The first kappa shape index (κ1) is 69.4. The fourth-order valence-corrected chi connectivity index (χ4v) is 15.6. The molecule has 10 unspecified atom stereocenters. The Kier molecular flexibility index (Phi) is 24.7. The molecule has 4 fully saturated rings. The Morgan fingerprint density at radius 2 is 1.28 bits per heavy atom. The van der Waals surface area contributed by atoms with E-state index in [4.69, 9.17) is 52.6 Å². The molecule has 13 rings (SSSR count). The molecule has 7 aromatic rings. The van der Waals surface area contributed by atoms with Gasteiger partial charge in [0.25, 0.3) is 5.69 Å². The number of aliphatic hydroxyl groups is 3. The highest BCUT2D eigenvalue weighted by Crippen LogP contribution is 2.65. The third-order valence-corrected chi connectivity index (χ3v) is 19.8. The number of ether oxygens (including phenoxy) is 2. The smallest absolute Gasteiger partial charge is 0.489 e. The van der Waals surface area contributed by atoms with Gasteiger partial charge in [-0.25, -0.2) is 9.13 Å². The van der Waals surface area contributed by atoms with Crippen LogP contribution in [0.25, 0.3) is 0 Å². The SMILES string of the molecule is O=C(Cl)CCc1cc(OCc2ccccc2)ccc1[N+](=O)[O-].O=C1CCCC1OCc1ccccc1.O=P(Cl)(Cl)Oc1ccccc1.O=P1(Oc2ccccc2)OC2C(O)CCC2C2CCc3cc(O)ccc3N21.Oc1ccc2c(c1)CCC(C1CCC(O)C1O)N2. The van der Waals surface area contributed by atoms with Crippen molar-refractivity contribution >= 4 is 76.0 Å². The zero-order valence-electron chi connectivity index (χ0n) is 50.2. The van der Waals surface area contributed by atoms with Gasteiger partial charge in [-0.05, 0) is 177 Å². The topological polar surface area (TPSA) is 274 Å². The predicted molar refractivity (Wildman–Crippen MR) is 353 cm³/mol. The molecule has 19 nitrogen and oxygen atoms in total. The number of aromatic hydroxyl groups is 2. The molecule has 6 N–H and O–H groups in total. The van der Waals surface area contributed by atoms with E-state index in [1.807, 2.05) is 84.9 Å². The van der Waals surface area contributed by atoms with Crippen LogP contribution in [-0.2, 0) is 60.5 Å². The van der Waals surface area contributed by atoms with Crippen LogP contribution in [0.2, 0.25) is 0 Å². The maximum Gasteiger partial charge on any atom is 0.489 e. The minimum absolute atomic E-state index is 0.0208. The fourth-order valence-electron chi connectivity index (χ4n) is 12.3. The summed E-state index contributed by atoms with van der Waals surface area (Å²) >= 11 is 15.6. The van der Waals surface area contributed by atoms with E-state index in [2.05, 4.69) is 9.84 Å². The number of fused-ring (bicyclic) bond motifs is 6. The number of phenols is 2. The molecule has 0 amide bonds. The molecule has 7 aromatic carbocycles. The highest BCUT2D eigenvalue weighted by molar-refractivity contribution is 8.05. The Balaban J connectivity index is 0.000000140. The summed E-state index contributed by atoms with van der Waals surface area (Å²) in [6.07, 6.45) is 3.42. The molecule has 10 atom stereocenters. The fraction of sp³-hybridized carbons (Fsp3) is 0.353. The molecule has 0 aromatic heterocycles. The maximum atomic E-state index is 14.0. The molecule has 488 valence electrons. The number of carbonyl (C=O) groups is 2. The number of aryl methyl sites for hydroxylation is 3. The molecule has 3 aliphatic heterocycles. The first-order valence-electron chi connectivity index (χ1n) is 30.5. The van der Waals surface area contributed by atoms with Crippen LogP contribution in [0.1, 0.15) is 92.0 Å². The predicted octanol–water partition coefficient (Wildman–Crippen LogP) is 15.0. The van der Waals surface area contributed by atoms with Crippen LogP contribution in [0.15, 0.2) is 176 Å². The number of Topliss-reactive ketones (excluding diaryl/α,β-unsaturated/α-hetero) is 1. The lowest BCUT2D eigenvalue weighted by Crippen LogP contribution is -2.52. The van der Waals surface area contributed by atoms with E-state index in [1.54, 1.807) is 89.6 Å². The highest BCUT2D eigenvalue weighted by atomic mass is 35.9. The number of hydrogen-bond acceptors (Lipinski definition) is 17. The summed E-state index contributed by atoms with van der Waals surface area (Å²) in [6, 6.07) is 52.2. The van der Waals surface area contributed by atoms with E-state index >= 15 is 0 Å². The van der Waals surface area contributed by atoms with Gasteiger partial charge in [0.1, 0.15) is 47.6 Å². The van der Waals surface area contributed by atoms with Crippen molar-refractivity contribution in [2.45, 2.75) is 139 Å². The third-order valence-electron chi connectivity index (χ3n) is 16.8. The maximum absolute atomic E-state index is 14.0. The molecule has 0 bridgehead atoms. The number of para-hydroxylation sites is 2. The van der Waals surface area contributed by atoms with Crippen LogP contribution in [-0.4, -0.2) is 84.1 Å². The average Bonchev–Trinajstić information content (AvgIpc) is 1.09. The number of nitro groups is 1. The van der Waals surface area contributed by atoms with Gasteiger partial charge in [0.2, 0.25) is 5.24 Å². The molecular weight excluding hydrogens is 1280 g/mol. The Hall–Kier alpha value is -6.99. The van der Waals surface area contributed by atoms with Crippen LogP contribution >= 0.6 is 47.9 Å². The van der Waals surface area contributed by atoms with Crippen LogP contribution in [0, 0.1) is 22.0 Å². The average molecular weight is 1360 g/mol. The van der Waals surface area contributed by atoms with Gasteiger partial charge in [-0.2, -0.15) is 0 Å². The van der Waals surface area contributed by atoms with Crippen molar-refractivity contribution in [3.8, 4) is 28.7 Å². The first-order valence-corrected chi connectivity index (χ1v) is 35.8. The lowest BCUT2D eigenvalue weighted by atomic mass is 9.87. The monoisotopic (exact) mass is 1360 g/mol. The summed E-state index contributed by atoms with van der Waals surface area (Å²) in [5.74, 6) is 2.39. The number of nitro benzene ring substituents is 1. The van der Waals surface area contributed by atoms with Crippen molar-refractivity contribution in [2.24, 2.45) is 11.8 Å². The number of carbonyl (C=O) groups excluding carboxylic acids is 2. The quantitative estimate of drug-likeness (QED) is 0.0183. The van der Waals surface area contributed by atoms with Crippen molar-refractivity contribution in [2.75, 3.05) is 9.99 Å². The second kappa shape index (κ2) is 32.7. The Bertz CT molecular complexity index is 3680. The number of anilines is 2. The Morgan fingerprint density at radius 3 is 1.89 bits per heavy atom. The molecule has 3 heterocycles. The van der Waals surface area contributed by atoms with Crippen LogP contribution in [0.3, 0.4) is 0 Å². The second-order valence-corrected chi connectivity index (χ2v) is 29.5. The largest absolute Gasteiger partial charge is 0.508 e. The summed E-state index contributed by atoms with van der Waals surface area (Å²) in [7, 11) is -3.73. The highest BCUT2D eigenvalue weighted by Gasteiger charge is 2.58. The van der Waals surface area contributed by atoms with Gasteiger partial charge >= 0.3 is 13.8 Å². The summed E-state index contributed by atoms with van der Waals surface area (Å²) in [5, 5.41) is 63.2. The summed E-state index contributed by atoms with van der Waals surface area (Å²) in [6.45, 7) is 0.920. The van der Waals surface area contributed by atoms with E-state index in [-0.39, 0.29) is 60.1 Å². The van der Waals surface area contributed by atoms with E-state index in [0.29, 0.717) is 61.0 Å². The first-order chi connectivity index (χ1) is 44.2. The molecule has 3 saturated carbocycles. The number of hydrogen-bond donors (Lipinski definition) is 6. The normalized spacial score (nSPS) is 24.0. The molecular formula is C68H74Cl3N3O16P2.